The first-order valence-corrected chi connectivity index (χ1v) is 6.35. The van der Waals surface area contributed by atoms with Gasteiger partial charge in [-0.2, -0.15) is 5.10 Å². The van der Waals surface area contributed by atoms with Crippen molar-refractivity contribution < 1.29 is 14.7 Å². The van der Waals surface area contributed by atoms with Gasteiger partial charge >= 0.3 is 12.0 Å². The number of carbonyl (C=O) groups excluding carboxylic acids is 1. The Morgan fingerprint density at radius 3 is 3.00 bits per heavy atom. The number of amides is 2. The molecule has 2 amide bonds. The van der Waals surface area contributed by atoms with Crippen molar-refractivity contribution in [1.82, 2.24) is 24.6 Å². The largest absolute Gasteiger partial charge is 0.480 e. The van der Waals surface area contributed by atoms with Gasteiger partial charge in [0.05, 0.1) is 36.1 Å². The van der Waals surface area contributed by atoms with Crippen molar-refractivity contribution in [2.24, 2.45) is 7.05 Å². The van der Waals surface area contributed by atoms with Gasteiger partial charge in [-0.15, -0.1) is 0 Å². The summed E-state index contributed by atoms with van der Waals surface area (Å²) in [6, 6.07) is -1.41. The molecule has 21 heavy (non-hydrogen) atoms. The molecule has 1 atom stereocenters. The highest BCUT2D eigenvalue weighted by Gasteiger charge is 2.36. The maximum absolute atomic E-state index is 12.3. The number of H-pyrrole nitrogens is 1. The fourth-order valence-corrected chi connectivity index (χ4v) is 2.35. The zero-order valence-corrected chi connectivity index (χ0v) is 11.3. The van der Waals surface area contributed by atoms with Crippen molar-refractivity contribution in [3.63, 3.8) is 0 Å². The number of fused-ring (bicyclic) bond motifs is 1. The van der Waals surface area contributed by atoms with Gasteiger partial charge < -0.3 is 20.3 Å². The Bertz CT molecular complexity index is 691. The van der Waals surface area contributed by atoms with E-state index in [2.05, 4.69) is 20.4 Å². The summed E-state index contributed by atoms with van der Waals surface area (Å²) in [6.45, 7) is 0.179. The van der Waals surface area contributed by atoms with E-state index in [9.17, 15) is 14.7 Å². The van der Waals surface area contributed by atoms with Gasteiger partial charge in [-0.25, -0.2) is 14.6 Å². The standard InChI is InChI=1S/C12H14N6O3/c1-17-4-7(3-15-17)16-12(21)18-5-9-8(13-6-14-9)2-10(18)11(19)20/h3-4,6,10H,2,5H2,1H3,(H,13,14)(H,16,21)(H,19,20). The van der Waals surface area contributed by atoms with Crippen molar-refractivity contribution >= 4 is 17.7 Å². The quantitative estimate of drug-likeness (QED) is 0.730. The van der Waals surface area contributed by atoms with E-state index in [0.717, 1.165) is 5.69 Å². The number of rotatable bonds is 2. The molecule has 3 N–H and O–H groups in total. The maximum Gasteiger partial charge on any atom is 0.326 e. The highest BCUT2D eigenvalue weighted by Crippen LogP contribution is 2.21. The van der Waals surface area contributed by atoms with Gasteiger partial charge in [-0.3, -0.25) is 4.68 Å². The molecule has 1 unspecified atom stereocenters. The predicted octanol–water partition coefficient (Wildman–Crippen LogP) is 0.187. The van der Waals surface area contributed by atoms with E-state index in [1.165, 1.54) is 17.4 Å². The van der Waals surface area contributed by atoms with Crippen LogP contribution in [0.4, 0.5) is 10.5 Å². The number of aromatic nitrogens is 4. The Balaban J connectivity index is 1.81. The van der Waals surface area contributed by atoms with Gasteiger partial charge in [0.15, 0.2) is 0 Å². The molecule has 9 heteroatoms. The lowest BCUT2D eigenvalue weighted by atomic mass is 10.0. The van der Waals surface area contributed by atoms with Crippen LogP contribution in [0.1, 0.15) is 11.4 Å². The van der Waals surface area contributed by atoms with Crippen LogP contribution in [0.15, 0.2) is 18.7 Å². The van der Waals surface area contributed by atoms with Crippen LogP contribution in [0.5, 0.6) is 0 Å². The molecule has 3 rings (SSSR count). The summed E-state index contributed by atoms with van der Waals surface area (Å²) in [6.07, 6.45) is 4.83. The van der Waals surface area contributed by atoms with E-state index in [1.807, 2.05) is 0 Å². The molecule has 110 valence electrons. The van der Waals surface area contributed by atoms with E-state index >= 15 is 0 Å². The molecule has 0 fully saturated rings. The van der Waals surface area contributed by atoms with Gasteiger partial charge in [-0.05, 0) is 0 Å². The average molecular weight is 290 g/mol. The summed E-state index contributed by atoms with van der Waals surface area (Å²) in [4.78, 5) is 32.0. The summed E-state index contributed by atoms with van der Waals surface area (Å²) in [5.41, 5.74) is 1.96. The van der Waals surface area contributed by atoms with Crippen LogP contribution in [-0.4, -0.2) is 47.8 Å². The number of anilines is 1. The summed E-state index contributed by atoms with van der Waals surface area (Å²) in [7, 11) is 1.73. The van der Waals surface area contributed by atoms with Crippen molar-refractivity contribution in [2.45, 2.75) is 19.0 Å². The van der Waals surface area contributed by atoms with Crippen molar-refractivity contribution in [3.8, 4) is 0 Å². The lowest BCUT2D eigenvalue weighted by molar-refractivity contribution is -0.142. The van der Waals surface area contributed by atoms with Crippen LogP contribution >= 0.6 is 0 Å². The highest BCUT2D eigenvalue weighted by molar-refractivity contribution is 5.92. The molecule has 3 heterocycles. The molecule has 0 saturated carbocycles. The molecule has 0 saturated heterocycles. The molecule has 0 aliphatic carbocycles. The van der Waals surface area contributed by atoms with Crippen molar-refractivity contribution in [1.29, 1.82) is 0 Å². The number of urea groups is 1. The highest BCUT2D eigenvalue weighted by atomic mass is 16.4. The molecule has 0 aromatic carbocycles. The molecular formula is C12H14N6O3. The molecular weight excluding hydrogens is 276 g/mol. The van der Waals surface area contributed by atoms with E-state index in [1.54, 1.807) is 17.9 Å². The number of imidazole rings is 1. The number of aryl methyl sites for hydroxylation is 1. The lowest BCUT2D eigenvalue weighted by Gasteiger charge is -2.32. The van der Waals surface area contributed by atoms with Crippen molar-refractivity contribution in [2.75, 3.05) is 5.32 Å². The second-order valence-electron chi connectivity index (χ2n) is 4.85. The zero-order chi connectivity index (χ0) is 15.0. The minimum atomic E-state index is -1.05. The monoisotopic (exact) mass is 290 g/mol. The van der Waals surface area contributed by atoms with Gasteiger partial charge in [0.1, 0.15) is 6.04 Å². The van der Waals surface area contributed by atoms with E-state index in [0.29, 0.717) is 11.4 Å². The fourth-order valence-electron chi connectivity index (χ4n) is 2.35. The number of aromatic amines is 1. The van der Waals surface area contributed by atoms with Crippen LogP contribution < -0.4 is 5.32 Å². The van der Waals surface area contributed by atoms with Crippen LogP contribution in [0, 0.1) is 0 Å². The number of carboxylic acids is 1. The third kappa shape index (κ3) is 2.45. The predicted molar refractivity (Wildman–Crippen MR) is 71.5 cm³/mol. The Hall–Kier alpha value is -2.84. The van der Waals surface area contributed by atoms with Crippen LogP contribution in [0.25, 0.3) is 0 Å². The van der Waals surface area contributed by atoms with Gasteiger partial charge in [-0.1, -0.05) is 0 Å². The van der Waals surface area contributed by atoms with Gasteiger partial charge in [0.2, 0.25) is 0 Å². The Labute approximate surface area is 119 Å². The number of carboxylic acid groups (broad SMARTS) is 1. The number of aliphatic carboxylic acids is 1. The minimum absolute atomic E-state index is 0.179. The molecule has 0 radical (unpaired) electrons. The molecule has 0 spiro atoms. The topological polar surface area (TPSA) is 116 Å². The normalized spacial score (nSPS) is 17.4. The number of nitrogens with zero attached hydrogens (tertiary/aromatic N) is 4. The maximum atomic E-state index is 12.3. The van der Waals surface area contributed by atoms with E-state index in [4.69, 9.17) is 0 Å². The van der Waals surface area contributed by atoms with Crippen molar-refractivity contribution in [3.05, 3.63) is 30.1 Å². The van der Waals surface area contributed by atoms with Crippen LogP contribution in [0.3, 0.4) is 0 Å². The lowest BCUT2D eigenvalue weighted by Crippen LogP contribution is -2.50. The fraction of sp³-hybridized carbons (Fsp3) is 0.333. The molecule has 9 nitrogen and oxygen atoms in total. The first kappa shape index (κ1) is 13.2. The Morgan fingerprint density at radius 1 is 1.52 bits per heavy atom. The van der Waals surface area contributed by atoms with Gasteiger partial charge in [0.25, 0.3) is 0 Å². The number of carbonyl (C=O) groups is 2. The number of nitrogens with one attached hydrogen (secondary N) is 2. The smallest absolute Gasteiger partial charge is 0.326 e. The first-order valence-electron chi connectivity index (χ1n) is 6.35. The third-order valence-electron chi connectivity index (χ3n) is 3.40. The van der Waals surface area contributed by atoms with Gasteiger partial charge in [0, 0.05) is 19.7 Å². The molecule has 2 aromatic heterocycles. The molecule has 1 aliphatic heterocycles. The summed E-state index contributed by atoms with van der Waals surface area (Å²) < 4.78 is 1.55. The summed E-state index contributed by atoms with van der Waals surface area (Å²) in [5.74, 6) is -1.05. The van der Waals surface area contributed by atoms with E-state index in [-0.39, 0.29) is 13.0 Å². The zero-order valence-electron chi connectivity index (χ0n) is 11.3. The number of hydrogen-bond donors (Lipinski definition) is 3. The summed E-state index contributed by atoms with van der Waals surface area (Å²) >= 11 is 0. The molecule has 0 bridgehead atoms. The first-order chi connectivity index (χ1) is 10.0. The molecule has 2 aromatic rings. The summed E-state index contributed by atoms with van der Waals surface area (Å²) in [5, 5.41) is 15.9. The second-order valence-corrected chi connectivity index (χ2v) is 4.85. The van der Waals surface area contributed by atoms with Crippen LogP contribution in [-0.2, 0) is 24.8 Å². The average Bonchev–Trinajstić information content (AvgIpc) is 3.05. The number of hydrogen-bond acceptors (Lipinski definition) is 4. The van der Waals surface area contributed by atoms with Crippen LogP contribution in [0.2, 0.25) is 0 Å². The minimum Gasteiger partial charge on any atom is -0.480 e. The molecule has 1 aliphatic rings. The second kappa shape index (κ2) is 4.93. The Kier molecular flexibility index (Phi) is 3.09. The SMILES string of the molecule is Cn1cc(NC(=O)N2Cc3[nH]cnc3CC2C(=O)O)cn1. The Morgan fingerprint density at radius 2 is 2.33 bits per heavy atom. The van der Waals surface area contributed by atoms with E-state index < -0.39 is 18.0 Å². The third-order valence-corrected chi connectivity index (χ3v) is 3.40.